The molecule has 2 aliphatic carbocycles. The van der Waals surface area contributed by atoms with E-state index in [9.17, 15) is 4.79 Å². The highest BCUT2D eigenvalue weighted by Crippen LogP contribution is 2.42. The highest BCUT2D eigenvalue weighted by molar-refractivity contribution is 7.99. The Morgan fingerprint density at radius 3 is 2.69 bits per heavy atom. The predicted octanol–water partition coefficient (Wildman–Crippen LogP) is 5.16. The van der Waals surface area contributed by atoms with Crippen molar-refractivity contribution in [3.05, 3.63) is 64.7 Å². The van der Waals surface area contributed by atoms with Crippen LogP contribution in [0.25, 0.3) is 11.5 Å². The third kappa shape index (κ3) is 3.91. The first-order valence-electron chi connectivity index (χ1n) is 9.80. The summed E-state index contributed by atoms with van der Waals surface area (Å²) in [6.07, 6.45) is 4.23. The summed E-state index contributed by atoms with van der Waals surface area (Å²) in [5.74, 6) is 0.878. The maximum absolute atomic E-state index is 13.1. The van der Waals surface area contributed by atoms with Crippen LogP contribution < -0.4 is 0 Å². The minimum Gasteiger partial charge on any atom is -0.411 e. The summed E-state index contributed by atoms with van der Waals surface area (Å²) < 4.78 is 5.72. The first kappa shape index (κ1) is 18.7. The number of nitrogens with zero attached hydrogens (tertiary/aromatic N) is 3. The molecule has 5 nitrogen and oxygen atoms in total. The smallest absolute Gasteiger partial charge is 0.277 e. The van der Waals surface area contributed by atoms with Crippen LogP contribution in [0.4, 0.5) is 0 Å². The van der Waals surface area contributed by atoms with Crippen LogP contribution in [0, 0.1) is 0 Å². The van der Waals surface area contributed by atoms with E-state index in [0.717, 1.165) is 31.2 Å². The standard InChI is InChI=1S/C22H20ClN3O2S/c23-16-8-5-15(6-9-16)21-24-25-22(28-21)29-13-20(27)26(17-10-11-17)19-12-7-14-3-1-2-4-18(14)19/h1-6,8-9,17,19H,7,10-13H2. The van der Waals surface area contributed by atoms with Crippen LogP contribution in [0.15, 0.2) is 58.2 Å². The highest BCUT2D eigenvalue weighted by Gasteiger charge is 2.40. The van der Waals surface area contributed by atoms with Crippen molar-refractivity contribution in [1.82, 2.24) is 15.1 Å². The van der Waals surface area contributed by atoms with Gasteiger partial charge in [0.15, 0.2) is 0 Å². The van der Waals surface area contributed by atoms with Gasteiger partial charge < -0.3 is 9.32 Å². The van der Waals surface area contributed by atoms with E-state index in [1.165, 1.54) is 22.9 Å². The summed E-state index contributed by atoms with van der Waals surface area (Å²) in [4.78, 5) is 15.2. The van der Waals surface area contributed by atoms with Gasteiger partial charge in [-0.15, -0.1) is 10.2 Å². The second-order valence-corrected chi connectivity index (χ2v) is 8.82. The Kier molecular flexibility index (Phi) is 5.06. The molecule has 0 aliphatic heterocycles. The number of benzene rings is 2. The fourth-order valence-electron chi connectivity index (χ4n) is 3.98. The minimum absolute atomic E-state index is 0.144. The van der Waals surface area contributed by atoms with Gasteiger partial charge in [-0.1, -0.05) is 47.6 Å². The normalized spacial score (nSPS) is 17.9. The van der Waals surface area contributed by atoms with E-state index in [4.69, 9.17) is 16.0 Å². The average molecular weight is 426 g/mol. The molecule has 1 heterocycles. The van der Waals surface area contributed by atoms with Crippen molar-refractivity contribution in [1.29, 1.82) is 0 Å². The monoisotopic (exact) mass is 425 g/mol. The zero-order valence-electron chi connectivity index (χ0n) is 15.8. The van der Waals surface area contributed by atoms with Crippen molar-refractivity contribution in [2.75, 3.05) is 5.75 Å². The van der Waals surface area contributed by atoms with Crippen molar-refractivity contribution in [3.8, 4) is 11.5 Å². The van der Waals surface area contributed by atoms with E-state index in [-0.39, 0.29) is 11.9 Å². The molecule has 0 saturated heterocycles. The molecule has 1 unspecified atom stereocenters. The van der Waals surface area contributed by atoms with Crippen LogP contribution in [-0.2, 0) is 11.2 Å². The van der Waals surface area contributed by atoms with Gasteiger partial charge >= 0.3 is 0 Å². The Bertz CT molecular complexity index is 1030. The van der Waals surface area contributed by atoms with Crippen molar-refractivity contribution < 1.29 is 9.21 Å². The fraction of sp³-hybridized carbons (Fsp3) is 0.318. The number of aryl methyl sites for hydroxylation is 1. The van der Waals surface area contributed by atoms with E-state index in [2.05, 4.69) is 39.4 Å². The van der Waals surface area contributed by atoms with Crippen molar-refractivity contribution >= 4 is 29.3 Å². The molecule has 2 aliphatic rings. The maximum atomic E-state index is 13.1. The summed E-state index contributed by atoms with van der Waals surface area (Å²) in [5.41, 5.74) is 3.48. The summed E-state index contributed by atoms with van der Waals surface area (Å²) in [7, 11) is 0. The number of fused-ring (bicyclic) bond motifs is 1. The Hall–Kier alpha value is -2.31. The Balaban J connectivity index is 1.27. The Morgan fingerprint density at radius 1 is 1.10 bits per heavy atom. The molecule has 29 heavy (non-hydrogen) atoms. The summed E-state index contributed by atoms with van der Waals surface area (Å²) in [6.45, 7) is 0. The van der Waals surface area contributed by atoms with E-state index in [0.29, 0.717) is 27.9 Å². The number of thioether (sulfide) groups is 1. The second kappa shape index (κ2) is 7.84. The summed E-state index contributed by atoms with van der Waals surface area (Å²) >= 11 is 7.22. The molecule has 7 heteroatoms. The molecule has 0 spiro atoms. The number of carbonyl (C=O) groups is 1. The van der Waals surface area contributed by atoms with Gasteiger partial charge in [0.2, 0.25) is 11.8 Å². The molecule has 1 aromatic heterocycles. The number of amides is 1. The quantitative estimate of drug-likeness (QED) is 0.510. The molecule has 1 saturated carbocycles. The second-order valence-electron chi connectivity index (χ2n) is 7.45. The van der Waals surface area contributed by atoms with Gasteiger partial charge in [0.05, 0.1) is 11.8 Å². The lowest BCUT2D eigenvalue weighted by Crippen LogP contribution is -2.37. The zero-order chi connectivity index (χ0) is 19.8. The van der Waals surface area contributed by atoms with E-state index >= 15 is 0 Å². The zero-order valence-corrected chi connectivity index (χ0v) is 17.3. The lowest BCUT2D eigenvalue weighted by molar-refractivity contribution is -0.131. The predicted molar refractivity (Wildman–Crippen MR) is 113 cm³/mol. The molecule has 0 bridgehead atoms. The van der Waals surface area contributed by atoms with E-state index < -0.39 is 0 Å². The highest BCUT2D eigenvalue weighted by atomic mass is 35.5. The molecule has 5 rings (SSSR count). The van der Waals surface area contributed by atoms with E-state index in [1.807, 2.05) is 12.1 Å². The van der Waals surface area contributed by atoms with Gasteiger partial charge in [-0.3, -0.25) is 4.79 Å². The molecule has 0 N–H and O–H groups in total. The van der Waals surface area contributed by atoms with Crippen molar-refractivity contribution in [2.45, 2.75) is 43.0 Å². The van der Waals surface area contributed by atoms with Crippen molar-refractivity contribution in [3.63, 3.8) is 0 Å². The first-order chi connectivity index (χ1) is 14.2. The number of halogens is 1. The molecule has 1 amide bonds. The largest absolute Gasteiger partial charge is 0.411 e. The molecule has 0 radical (unpaired) electrons. The molecular weight excluding hydrogens is 406 g/mol. The van der Waals surface area contributed by atoms with Gasteiger partial charge in [0, 0.05) is 16.6 Å². The number of hydrogen-bond donors (Lipinski definition) is 0. The Labute approximate surface area is 178 Å². The maximum Gasteiger partial charge on any atom is 0.277 e. The van der Waals surface area contributed by atoms with Gasteiger partial charge in [0.25, 0.3) is 5.22 Å². The van der Waals surface area contributed by atoms with Crippen LogP contribution in [0.1, 0.15) is 36.4 Å². The van der Waals surface area contributed by atoms with Crippen LogP contribution in [-0.4, -0.2) is 32.8 Å². The van der Waals surface area contributed by atoms with E-state index in [1.54, 1.807) is 12.1 Å². The number of carbonyl (C=O) groups excluding carboxylic acids is 1. The molecule has 1 fully saturated rings. The molecule has 2 aromatic carbocycles. The lowest BCUT2D eigenvalue weighted by atomic mass is 10.1. The summed E-state index contributed by atoms with van der Waals surface area (Å²) in [5, 5.41) is 9.23. The topological polar surface area (TPSA) is 59.2 Å². The lowest BCUT2D eigenvalue weighted by Gasteiger charge is -2.29. The van der Waals surface area contributed by atoms with Crippen LogP contribution in [0.2, 0.25) is 5.02 Å². The number of aromatic nitrogens is 2. The third-order valence-corrected chi connectivity index (χ3v) is 6.54. The third-order valence-electron chi connectivity index (χ3n) is 5.48. The van der Waals surface area contributed by atoms with Crippen LogP contribution >= 0.6 is 23.4 Å². The van der Waals surface area contributed by atoms with Crippen LogP contribution in [0.3, 0.4) is 0 Å². The molecule has 148 valence electrons. The fourth-order valence-corrected chi connectivity index (χ4v) is 4.74. The SMILES string of the molecule is O=C(CSc1nnc(-c2ccc(Cl)cc2)o1)N(C1CC1)C1CCc2ccccc21. The Morgan fingerprint density at radius 2 is 1.90 bits per heavy atom. The molecule has 3 aromatic rings. The summed E-state index contributed by atoms with van der Waals surface area (Å²) in [6, 6.07) is 16.3. The van der Waals surface area contributed by atoms with Gasteiger partial charge in [-0.25, -0.2) is 0 Å². The average Bonchev–Trinajstić information content (AvgIpc) is 3.30. The molecular formula is C22H20ClN3O2S. The minimum atomic E-state index is 0.144. The first-order valence-corrected chi connectivity index (χ1v) is 11.2. The van der Waals surface area contributed by atoms with Gasteiger partial charge in [-0.2, -0.15) is 0 Å². The van der Waals surface area contributed by atoms with Crippen LogP contribution in [0.5, 0.6) is 0 Å². The van der Waals surface area contributed by atoms with Gasteiger partial charge in [-0.05, 0) is 61.1 Å². The number of rotatable bonds is 6. The molecule has 1 atom stereocenters. The van der Waals surface area contributed by atoms with Gasteiger partial charge in [0.1, 0.15) is 0 Å². The van der Waals surface area contributed by atoms with Crippen molar-refractivity contribution in [2.24, 2.45) is 0 Å². The number of hydrogen-bond acceptors (Lipinski definition) is 5.